The minimum atomic E-state index is -1.06. The Hall–Kier alpha value is -3.42. The summed E-state index contributed by atoms with van der Waals surface area (Å²) in [7, 11) is 0. The molecule has 0 unspecified atom stereocenters. The van der Waals surface area contributed by atoms with Gasteiger partial charge in [-0.2, -0.15) is 4.57 Å². The van der Waals surface area contributed by atoms with Crippen LogP contribution in [-0.4, -0.2) is 35.2 Å². The maximum atomic E-state index is 12.3. The van der Waals surface area contributed by atoms with E-state index in [1.807, 2.05) is 44.2 Å². The van der Waals surface area contributed by atoms with E-state index in [-0.39, 0.29) is 18.7 Å². The second kappa shape index (κ2) is 11.7. The molecule has 0 aliphatic heterocycles. The van der Waals surface area contributed by atoms with Gasteiger partial charge >= 0.3 is 12.1 Å². The summed E-state index contributed by atoms with van der Waals surface area (Å²) < 4.78 is 6.81. The first-order chi connectivity index (χ1) is 14.8. The fraction of sp³-hybridized carbons (Fsp3) is 0.391. The van der Waals surface area contributed by atoms with Gasteiger partial charge in [0.25, 0.3) is 12.6 Å². The zero-order valence-corrected chi connectivity index (χ0v) is 18.1. The number of rotatable bonds is 10. The van der Waals surface area contributed by atoms with Gasteiger partial charge in [0.1, 0.15) is 6.04 Å². The number of ether oxygens (including phenoxy) is 1. The van der Waals surface area contributed by atoms with Gasteiger partial charge in [0.05, 0.1) is 5.56 Å². The van der Waals surface area contributed by atoms with Crippen molar-refractivity contribution in [1.82, 2.24) is 10.6 Å². The van der Waals surface area contributed by atoms with E-state index in [2.05, 4.69) is 10.6 Å². The molecule has 0 fully saturated rings. The topological polar surface area (TPSA) is 109 Å². The molecule has 3 atom stereocenters. The van der Waals surface area contributed by atoms with Crippen molar-refractivity contribution >= 4 is 18.0 Å². The number of alkyl carbamates (subject to hydrolysis) is 1. The number of carbonyl (C=O) groups is 3. The standard InChI is InChI=1S/C23H29N3O5/c1-4-16(2)20(22(28)29)25-21(27)19-10-12-26(13-11-19)15-31-23(30)24-17(3)14-18-8-6-5-7-9-18/h5-13,16-17,20H,4,14-15H2,1-3H3,(H2-,24,25,27,28,29,30)/p+1/t16-,17-,20-/m0/s1. The van der Waals surface area contributed by atoms with E-state index in [1.54, 1.807) is 36.0 Å². The smallest absolute Gasteiger partial charge is 0.412 e. The van der Waals surface area contributed by atoms with E-state index >= 15 is 0 Å². The number of aliphatic carboxylic acids is 1. The summed E-state index contributed by atoms with van der Waals surface area (Å²) in [6.07, 6.45) is 3.98. The van der Waals surface area contributed by atoms with Crippen molar-refractivity contribution in [2.24, 2.45) is 5.92 Å². The third-order valence-electron chi connectivity index (χ3n) is 5.01. The second-order valence-electron chi connectivity index (χ2n) is 7.57. The lowest BCUT2D eigenvalue weighted by atomic mass is 9.99. The maximum Gasteiger partial charge on any atom is 0.412 e. The molecule has 0 spiro atoms. The summed E-state index contributed by atoms with van der Waals surface area (Å²) in [6, 6.07) is 11.9. The summed E-state index contributed by atoms with van der Waals surface area (Å²) in [6.45, 7) is 5.53. The average molecular weight is 429 g/mol. The fourth-order valence-electron chi connectivity index (χ4n) is 3.00. The van der Waals surface area contributed by atoms with Crippen LogP contribution in [0.1, 0.15) is 43.1 Å². The summed E-state index contributed by atoms with van der Waals surface area (Å²) in [5.74, 6) is -1.71. The molecule has 1 aromatic carbocycles. The minimum Gasteiger partial charge on any atom is -0.480 e. The van der Waals surface area contributed by atoms with Crippen molar-refractivity contribution in [3.63, 3.8) is 0 Å². The number of carbonyl (C=O) groups excluding carboxylic acids is 2. The number of nitrogens with one attached hydrogen (secondary N) is 2. The number of aromatic nitrogens is 1. The number of hydrogen-bond donors (Lipinski definition) is 3. The first kappa shape index (κ1) is 23.9. The number of nitrogens with zero attached hydrogens (tertiary/aromatic N) is 1. The summed E-state index contributed by atoms with van der Waals surface area (Å²) in [4.78, 5) is 35.7. The van der Waals surface area contributed by atoms with Crippen LogP contribution in [0.25, 0.3) is 0 Å². The SMILES string of the molecule is CC[C@H](C)[C@H](NC(=O)c1cc[n+](COC(=O)N[C@@H](C)Cc2ccccc2)cc1)C(=O)O. The molecule has 0 bridgehead atoms. The average Bonchev–Trinajstić information content (AvgIpc) is 2.76. The summed E-state index contributed by atoms with van der Waals surface area (Å²) >= 11 is 0. The minimum absolute atomic E-state index is 0.0175. The number of hydrogen-bond acceptors (Lipinski definition) is 4. The lowest BCUT2D eigenvalue weighted by Crippen LogP contribution is -2.45. The van der Waals surface area contributed by atoms with Gasteiger partial charge in [0.2, 0.25) is 0 Å². The van der Waals surface area contributed by atoms with Gasteiger partial charge in [-0.3, -0.25) is 4.79 Å². The molecular weight excluding hydrogens is 398 g/mol. The molecule has 0 saturated heterocycles. The Bertz CT molecular complexity index is 871. The Morgan fingerprint density at radius 2 is 1.68 bits per heavy atom. The number of benzene rings is 1. The molecule has 0 saturated carbocycles. The van der Waals surface area contributed by atoms with E-state index in [1.165, 1.54) is 0 Å². The van der Waals surface area contributed by atoms with Gasteiger partial charge in [0, 0.05) is 18.2 Å². The Morgan fingerprint density at radius 1 is 1.03 bits per heavy atom. The molecule has 1 heterocycles. The molecule has 31 heavy (non-hydrogen) atoms. The Balaban J connectivity index is 1.82. The monoisotopic (exact) mass is 428 g/mol. The summed E-state index contributed by atoms with van der Waals surface area (Å²) in [5, 5.41) is 14.6. The quantitative estimate of drug-likeness (QED) is 0.504. The van der Waals surface area contributed by atoms with Gasteiger partial charge < -0.3 is 20.5 Å². The third kappa shape index (κ3) is 7.73. The van der Waals surface area contributed by atoms with Gasteiger partial charge in [-0.05, 0) is 24.8 Å². The highest BCUT2D eigenvalue weighted by molar-refractivity contribution is 5.96. The Labute approximate surface area is 182 Å². The first-order valence-corrected chi connectivity index (χ1v) is 10.3. The van der Waals surface area contributed by atoms with Gasteiger partial charge in [-0.15, -0.1) is 0 Å². The van der Waals surface area contributed by atoms with E-state index < -0.39 is 24.0 Å². The highest BCUT2D eigenvalue weighted by Crippen LogP contribution is 2.09. The van der Waals surface area contributed by atoms with E-state index in [4.69, 9.17) is 4.74 Å². The van der Waals surface area contributed by atoms with Gasteiger partial charge in [-0.1, -0.05) is 50.6 Å². The third-order valence-corrected chi connectivity index (χ3v) is 5.01. The highest BCUT2D eigenvalue weighted by atomic mass is 16.6. The van der Waals surface area contributed by atoms with Crippen molar-refractivity contribution in [2.75, 3.05) is 0 Å². The summed E-state index contributed by atoms with van der Waals surface area (Å²) in [5.41, 5.74) is 1.45. The molecule has 8 nitrogen and oxygen atoms in total. The number of carboxylic acids is 1. The van der Waals surface area contributed by atoms with Crippen LogP contribution < -0.4 is 15.2 Å². The zero-order valence-electron chi connectivity index (χ0n) is 18.1. The van der Waals surface area contributed by atoms with Crippen molar-refractivity contribution in [1.29, 1.82) is 0 Å². The fourth-order valence-corrected chi connectivity index (χ4v) is 3.00. The molecule has 2 amide bonds. The second-order valence-corrected chi connectivity index (χ2v) is 7.57. The number of amides is 2. The lowest BCUT2D eigenvalue weighted by Gasteiger charge is -2.19. The van der Waals surface area contributed by atoms with Crippen LogP contribution in [0.3, 0.4) is 0 Å². The van der Waals surface area contributed by atoms with Crippen LogP contribution in [0.2, 0.25) is 0 Å². The van der Waals surface area contributed by atoms with Crippen molar-refractivity contribution in [3.05, 3.63) is 66.0 Å². The maximum absolute atomic E-state index is 12.3. The van der Waals surface area contributed by atoms with Gasteiger partial charge in [0.15, 0.2) is 12.4 Å². The van der Waals surface area contributed by atoms with Crippen molar-refractivity contribution in [2.45, 2.75) is 52.4 Å². The molecule has 0 radical (unpaired) electrons. The molecule has 1 aromatic heterocycles. The van der Waals surface area contributed by atoms with Crippen molar-refractivity contribution in [3.8, 4) is 0 Å². The molecule has 3 N–H and O–H groups in total. The Kier molecular flexibility index (Phi) is 8.99. The first-order valence-electron chi connectivity index (χ1n) is 10.3. The van der Waals surface area contributed by atoms with E-state index in [9.17, 15) is 19.5 Å². The molecule has 2 rings (SSSR count). The van der Waals surface area contributed by atoms with Crippen LogP contribution in [0.4, 0.5) is 4.79 Å². The molecule has 8 heteroatoms. The van der Waals surface area contributed by atoms with E-state index in [0.717, 1.165) is 5.56 Å². The zero-order chi connectivity index (χ0) is 22.8. The highest BCUT2D eigenvalue weighted by Gasteiger charge is 2.26. The molecule has 0 aliphatic carbocycles. The van der Waals surface area contributed by atoms with Crippen LogP contribution in [0, 0.1) is 5.92 Å². The normalized spacial score (nSPS) is 13.5. The van der Waals surface area contributed by atoms with Crippen molar-refractivity contribution < 1.29 is 28.8 Å². The number of carboxylic acid groups (broad SMARTS) is 1. The predicted molar refractivity (Wildman–Crippen MR) is 114 cm³/mol. The molecule has 2 aromatic rings. The largest absolute Gasteiger partial charge is 0.480 e. The van der Waals surface area contributed by atoms with Crippen LogP contribution in [-0.2, 0) is 22.7 Å². The van der Waals surface area contributed by atoms with E-state index in [0.29, 0.717) is 18.4 Å². The van der Waals surface area contributed by atoms with Crippen LogP contribution in [0.5, 0.6) is 0 Å². The Morgan fingerprint density at radius 3 is 2.26 bits per heavy atom. The van der Waals surface area contributed by atoms with Crippen LogP contribution >= 0.6 is 0 Å². The molecule has 166 valence electrons. The predicted octanol–water partition coefficient (Wildman–Crippen LogP) is 2.52. The van der Waals surface area contributed by atoms with Gasteiger partial charge in [-0.25, -0.2) is 9.59 Å². The molecule has 0 aliphatic rings. The lowest BCUT2D eigenvalue weighted by molar-refractivity contribution is -0.727. The van der Waals surface area contributed by atoms with Crippen LogP contribution in [0.15, 0.2) is 54.9 Å². The number of pyridine rings is 1. The molecular formula is C23H30N3O5+.